The molecule has 2 saturated heterocycles. The van der Waals surface area contributed by atoms with Gasteiger partial charge in [0.2, 0.25) is 5.78 Å². The van der Waals surface area contributed by atoms with E-state index in [9.17, 15) is 19.5 Å². The van der Waals surface area contributed by atoms with Gasteiger partial charge in [-0.05, 0) is 143 Å². The van der Waals surface area contributed by atoms with Crippen LogP contribution in [0.5, 0.6) is 0 Å². The number of imidazole rings is 2. The first kappa shape index (κ1) is 58.6. The van der Waals surface area contributed by atoms with Gasteiger partial charge in [0.05, 0.1) is 41.6 Å². The van der Waals surface area contributed by atoms with Crippen LogP contribution in [0.1, 0.15) is 132 Å². The van der Waals surface area contributed by atoms with Crippen molar-refractivity contribution < 1.29 is 51.5 Å². The van der Waals surface area contributed by atoms with Crippen molar-refractivity contribution in [2.45, 2.75) is 84.8 Å². The van der Waals surface area contributed by atoms with Crippen molar-refractivity contribution in [3.8, 4) is 0 Å². The average molecular weight is 1160 g/mol. The van der Waals surface area contributed by atoms with Gasteiger partial charge in [-0.3, -0.25) is 24.6 Å². The molecule has 0 saturated carbocycles. The van der Waals surface area contributed by atoms with Crippen molar-refractivity contribution in [3.63, 3.8) is 0 Å². The quantitative estimate of drug-likeness (QED) is 0.122. The summed E-state index contributed by atoms with van der Waals surface area (Å²) < 4.78 is 31.7. The van der Waals surface area contributed by atoms with Gasteiger partial charge in [0.25, 0.3) is 0 Å². The van der Waals surface area contributed by atoms with E-state index >= 15 is 0 Å². The third-order valence-corrected chi connectivity index (χ3v) is 14.8. The zero-order valence-corrected chi connectivity index (χ0v) is 48.7. The number of aryl methyl sites for hydroxylation is 2. The molecule has 0 radical (unpaired) electrons. The summed E-state index contributed by atoms with van der Waals surface area (Å²) in [5, 5.41) is 12.8. The van der Waals surface area contributed by atoms with Crippen LogP contribution < -0.4 is 0 Å². The van der Waals surface area contributed by atoms with Crippen molar-refractivity contribution in [2.24, 2.45) is 14.1 Å². The number of ether oxygens (including phenoxy) is 2. The van der Waals surface area contributed by atoms with Crippen LogP contribution in [-0.4, -0.2) is 135 Å². The number of fused-ring (bicyclic) bond motifs is 4. The number of aliphatic hydroxyl groups is 1. The molecule has 6 aromatic rings. The van der Waals surface area contributed by atoms with Crippen molar-refractivity contribution in [1.29, 1.82) is 0 Å². The molecule has 2 aromatic carbocycles. The number of nitrogens with zero attached hydrogens (tertiary/aromatic N) is 10. The van der Waals surface area contributed by atoms with Gasteiger partial charge in [0.1, 0.15) is 34.6 Å². The average Bonchev–Trinajstić information content (AvgIpc) is 3.96. The van der Waals surface area contributed by atoms with E-state index in [0.717, 1.165) is 62.0 Å². The van der Waals surface area contributed by atoms with E-state index in [1.54, 1.807) is 39.2 Å². The van der Waals surface area contributed by atoms with E-state index < -0.39 is 32.1 Å². The Balaban J connectivity index is 0.000000198. The van der Waals surface area contributed by atoms with Crippen LogP contribution in [0.4, 0.5) is 9.59 Å². The van der Waals surface area contributed by atoms with Gasteiger partial charge in [-0.1, -0.05) is 47.5 Å². The Morgan fingerprint density at radius 3 is 1.52 bits per heavy atom. The second kappa shape index (κ2) is 24.4. The molecule has 3 atom stereocenters. The number of carbonyl (C=O) groups excluding carboxylic acids is 3. The minimum absolute atomic E-state index is 0.123. The fraction of sp³-hybridized carbons (Fsp3) is 0.397. The first-order chi connectivity index (χ1) is 37.5. The van der Waals surface area contributed by atoms with Gasteiger partial charge in [-0.15, -0.1) is 0 Å². The summed E-state index contributed by atoms with van der Waals surface area (Å²) >= 11 is 11.6. The zero-order chi connectivity index (χ0) is 57.1. The van der Waals surface area contributed by atoms with E-state index in [-0.39, 0.29) is 30.1 Å². The molecule has 10 rings (SSSR count). The summed E-state index contributed by atoms with van der Waals surface area (Å²) in [7, 11) is 3.74. The Labute approximate surface area is 476 Å². The maximum atomic E-state index is 13.9. The van der Waals surface area contributed by atoms with E-state index in [0.29, 0.717) is 79.4 Å². The Morgan fingerprint density at radius 2 is 1.08 bits per heavy atom. The normalized spacial score (nSPS) is 17.7. The number of ketones is 1. The van der Waals surface area contributed by atoms with Crippen LogP contribution >= 0.6 is 23.2 Å². The van der Waals surface area contributed by atoms with Gasteiger partial charge >= 0.3 is 34.7 Å². The minimum atomic E-state index is -1.44. The number of Topliss-reactive ketones (excluding diaryl/α,β-unsaturated/α-hetero) is 1. The third-order valence-electron chi connectivity index (χ3n) is 14.3. The summed E-state index contributed by atoms with van der Waals surface area (Å²) in [4.78, 5) is 65.8. The first-order valence-corrected chi connectivity index (χ1v) is 27.7. The second-order valence-electron chi connectivity index (χ2n) is 21.7. The van der Waals surface area contributed by atoms with Gasteiger partial charge in [-0.25, -0.2) is 19.6 Å². The number of benzene rings is 2. The number of aromatic nitrogens is 6. The maximum absolute atomic E-state index is 13.9. The zero-order valence-electron chi connectivity index (χ0n) is 46.0. The number of pyridine rings is 2. The number of piperazine rings is 2. The third kappa shape index (κ3) is 13.2. The number of amides is 2. The van der Waals surface area contributed by atoms with Gasteiger partial charge in [0.15, 0.2) is 0 Å². The second-order valence-corrected chi connectivity index (χ2v) is 22.8. The van der Waals surface area contributed by atoms with Crippen molar-refractivity contribution >= 4 is 64.5 Å². The molecule has 4 aliphatic rings. The Bertz CT molecular complexity index is 3360. The topological polar surface area (TPSA) is 198 Å². The summed E-state index contributed by atoms with van der Waals surface area (Å²) in [6.07, 6.45) is 9.35. The number of allylic oxidation sites excluding steroid dienone is 1. The fourth-order valence-electron chi connectivity index (χ4n) is 10.3. The molecule has 6 heterocycles. The predicted molar refractivity (Wildman–Crippen MR) is 296 cm³/mol. The van der Waals surface area contributed by atoms with E-state index in [1.807, 2.05) is 147 Å². The molecule has 0 bridgehead atoms. The van der Waals surface area contributed by atoms with E-state index in [2.05, 4.69) is 19.8 Å². The number of aliphatic hydroxyl groups excluding tert-OH is 1. The molecule has 0 spiro atoms. The number of carbonyl (C=O) groups is 3. The number of rotatable bonds is 6. The van der Waals surface area contributed by atoms with Crippen LogP contribution in [0.2, 0.25) is 10.0 Å². The molecule has 2 fully saturated rings. The first-order valence-electron chi connectivity index (χ1n) is 25.9. The molecule has 2 aliphatic heterocycles. The van der Waals surface area contributed by atoms with E-state index in [4.69, 9.17) is 50.3 Å². The summed E-state index contributed by atoms with van der Waals surface area (Å²) in [5.74, 6) is 1.46. The number of hydrogen-bond donors (Lipinski definition) is 1. The molecular formula is C58H66Cl2MnN10O8. The van der Waals surface area contributed by atoms with Crippen LogP contribution in [-0.2, 0) is 46.1 Å². The van der Waals surface area contributed by atoms with Gasteiger partial charge in [0, 0.05) is 94.5 Å². The molecular weight excluding hydrogens is 1090 g/mol. The van der Waals surface area contributed by atoms with Gasteiger partial charge < -0.3 is 33.5 Å². The van der Waals surface area contributed by atoms with Crippen LogP contribution in [0.15, 0.2) is 85.5 Å². The van der Waals surface area contributed by atoms with Crippen molar-refractivity contribution in [1.82, 2.24) is 48.7 Å². The molecule has 79 heavy (non-hydrogen) atoms. The molecule has 417 valence electrons. The molecule has 4 aromatic heterocycles. The molecule has 2 amide bonds. The number of halogens is 2. The van der Waals surface area contributed by atoms with Crippen LogP contribution in [0.3, 0.4) is 0 Å². The Kier molecular flexibility index (Phi) is 18.1. The molecule has 21 heteroatoms. The Morgan fingerprint density at radius 1 is 0.633 bits per heavy atom. The summed E-state index contributed by atoms with van der Waals surface area (Å²) in [6, 6.07) is 19.0. The van der Waals surface area contributed by atoms with Gasteiger partial charge in [-0.2, -0.15) is 0 Å². The van der Waals surface area contributed by atoms with Crippen molar-refractivity contribution in [3.05, 3.63) is 163 Å². The van der Waals surface area contributed by atoms with Crippen LogP contribution in [0.25, 0.3) is 23.3 Å². The molecule has 1 unspecified atom stereocenters. The predicted octanol–water partition coefficient (Wildman–Crippen LogP) is 9.92. The molecule has 18 nitrogen and oxygen atoms in total. The summed E-state index contributed by atoms with van der Waals surface area (Å²) in [5.41, 5.74) is 8.64. The standard InChI is InChI=1S/C29H34ClN5O3.C29H32ClN5O3.Mn.2O/c2*1-18-32-17-24(33(18)5)27(36)23-15-19-7-6-10-31-25(19)26(21-9-8-20(30)16-22(21)23)34-11-13-35(14-12-34)28(37)38-29(2,3)4;;;/h6-10,15-17,26-27,36H,11-14H2,1-5H3;6-10,15-17,26H,11-14H2,1-5H3;;;/t26-,27?;26-;;;/m00.../s1. The monoisotopic (exact) mass is 1160 g/mol. The summed E-state index contributed by atoms with van der Waals surface area (Å²) in [6.45, 7) is 19.8. The number of hydrogen-bond acceptors (Lipinski definition) is 14. The Hall–Kier alpha value is -6.57. The molecule has 2 aliphatic carbocycles. The van der Waals surface area contributed by atoms with Crippen LogP contribution in [0, 0.1) is 13.8 Å². The van der Waals surface area contributed by atoms with Crippen molar-refractivity contribution in [2.75, 3.05) is 52.4 Å². The molecule has 1 N–H and O–H groups in total. The fourth-order valence-corrected chi connectivity index (χ4v) is 10.6. The SMILES string of the molecule is Cc1ncc(C(=O)C2=Cc3cccnc3[C@@H](N3CCN(C(=O)OC(C)(C)C)CC3)c3ccc(Cl)cc32)n1C.Cc1ncc(C(O)C2=Cc3cccnc3[C@@H](N3CCN(C(=O)OC(C)(C)C)CC3)c3ccc(Cl)cc32)n1C.[O]=[Mn]=[O]. The van der Waals surface area contributed by atoms with E-state index in [1.165, 1.54) is 0 Å².